The lowest BCUT2D eigenvalue weighted by molar-refractivity contribution is -0.135. The molecule has 12 heteroatoms. The van der Waals surface area contributed by atoms with E-state index in [1.807, 2.05) is 0 Å². The molecule has 1 aliphatic rings. The maximum Gasteiger partial charge on any atom is 0.243 e. The molecule has 1 fully saturated rings. The normalized spacial score (nSPS) is 15.9. The first kappa shape index (κ1) is 29.8. The minimum atomic E-state index is -4.11. The average molecular weight is 628 g/mol. The molecule has 0 spiro atoms. The van der Waals surface area contributed by atoms with Gasteiger partial charge in [-0.2, -0.15) is 4.31 Å². The summed E-state index contributed by atoms with van der Waals surface area (Å²) in [6, 6.07) is 19.0. The van der Waals surface area contributed by atoms with Crippen LogP contribution in [0.15, 0.2) is 83.9 Å². The predicted molar refractivity (Wildman–Crippen MR) is 161 cm³/mol. The molecule has 2 amide bonds. The number of benzene rings is 3. The molecule has 42 heavy (non-hydrogen) atoms. The standard InChI is InChI=1S/C30H28Cl2N4O5S/c1-41-24-8-4-20(5-9-24)15-29(37)35-13-14-36(42(39,40)25-10-11-27-21(16-25)3-2-12-33-27)28(19-35)30(38)34-18-22-6-7-23(31)17-26(22)32/h2-12,16-17,28H,13-15,18-19H2,1H3,(H,34,38). The van der Waals surface area contributed by atoms with Crippen molar-refractivity contribution in [3.8, 4) is 5.75 Å². The molecule has 0 radical (unpaired) electrons. The fourth-order valence-corrected chi connectivity index (χ4v) is 6.92. The summed E-state index contributed by atoms with van der Waals surface area (Å²) in [6.07, 6.45) is 1.73. The maximum absolute atomic E-state index is 13.9. The van der Waals surface area contributed by atoms with E-state index in [1.165, 1.54) is 15.3 Å². The lowest BCUT2D eigenvalue weighted by Gasteiger charge is -2.39. The van der Waals surface area contributed by atoms with Gasteiger partial charge in [-0.05, 0) is 59.7 Å². The third-order valence-corrected chi connectivity index (χ3v) is 9.64. The molecule has 1 saturated heterocycles. The highest BCUT2D eigenvalue weighted by molar-refractivity contribution is 7.89. The molecule has 0 bridgehead atoms. The largest absolute Gasteiger partial charge is 0.497 e. The first-order valence-electron chi connectivity index (χ1n) is 13.1. The zero-order chi connectivity index (χ0) is 29.9. The summed E-state index contributed by atoms with van der Waals surface area (Å²) in [5, 5.41) is 4.28. The lowest BCUT2D eigenvalue weighted by atomic mass is 10.1. The highest BCUT2D eigenvalue weighted by Crippen LogP contribution is 2.26. The van der Waals surface area contributed by atoms with Crippen LogP contribution >= 0.6 is 23.2 Å². The average Bonchev–Trinajstić information content (AvgIpc) is 3.00. The van der Waals surface area contributed by atoms with E-state index in [4.69, 9.17) is 27.9 Å². The van der Waals surface area contributed by atoms with Crippen LogP contribution in [0.25, 0.3) is 10.9 Å². The Bertz CT molecular complexity index is 1730. The zero-order valence-electron chi connectivity index (χ0n) is 22.7. The van der Waals surface area contributed by atoms with Gasteiger partial charge in [0.25, 0.3) is 0 Å². The molecule has 3 aromatic carbocycles. The van der Waals surface area contributed by atoms with Crippen molar-refractivity contribution >= 4 is 55.9 Å². The van der Waals surface area contributed by atoms with Gasteiger partial charge < -0.3 is 15.0 Å². The molecule has 1 atom stereocenters. The van der Waals surface area contributed by atoms with Gasteiger partial charge in [-0.25, -0.2) is 8.42 Å². The second-order valence-corrected chi connectivity index (χ2v) is 12.5. The number of piperazine rings is 1. The fourth-order valence-electron chi connectivity index (χ4n) is 4.84. The number of sulfonamides is 1. The Morgan fingerprint density at radius 1 is 1.02 bits per heavy atom. The van der Waals surface area contributed by atoms with Crippen LogP contribution in [0.2, 0.25) is 10.0 Å². The first-order chi connectivity index (χ1) is 20.2. The third kappa shape index (κ3) is 6.52. The van der Waals surface area contributed by atoms with E-state index in [1.54, 1.807) is 80.0 Å². The second kappa shape index (κ2) is 12.7. The van der Waals surface area contributed by atoms with E-state index in [9.17, 15) is 18.0 Å². The van der Waals surface area contributed by atoms with E-state index in [0.717, 1.165) is 5.56 Å². The van der Waals surface area contributed by atoms with Crippen molar-refractivity contribution in [2.24, 2.45) is 0 Å². The summed E-state index contributed by atoms with van der Waals surface area (Å²) in [5.74, 6) is -0.0893. The summed E-state index contributed by atoms with van der Waals surface area (Å²) in [5.41, 5.74) is 2.05. The number of rotatable bonds is 8. The number of hydrogen-bond acceptors (Lipinski definition) is 6. The minimum absolute atomic E-state index is 0.0413. The minimum Gasteiger partial charge on any atom is -0.497 e. The number of ether oxygens (including phenoxy) is 1. The van der Waals surface area contributed by atoms with Gasteiger partial charge in [-0.3, -0.25) is 14.6 Å². The number of amides is 2. The number of carbonyl (C=O) groups excluding carboxylic acids is 2. The molecule has 1 aromatic heterocycles. The second-order valence-electron chi connectivity index (χ2n) is 9.81. The molecule has 2 heterocycles. The van der Waals surface area contributed by atoms with Gasteiger partial charge in [0.15, 0.2) is 0 Å². The monoisotopic (exact) mass is 626 g/mol. The summed E-state index contributed by atoms with van der Waals surface area (Å²) in [4.78, 5) is 32.7. The SMILES string of the molecule is COc1ccc(CC(=O)N2CCN(S(=O)(=O)c3ccc4ncccc4c3)C(C(=O)NCc3ccc(Cl)cc3Cl)C2)cc1. The fraction of sp³-hybridized carbons (Fsp3) is 0.233. The van der Waals surface area contributed by atoms with Gasteiger partial charge in [0.2, 0.25) is 21.8 Å². The van der Waals surface area contributed by atoms with Gasteiger partial charge in [0.05, 0.1) is 23.9 Å². The molecule has 9 nitrogen and oxygen atoms in total. The van der Waals surface area contributed by atoms with Gasteiger partial charge in [-0.1, -0.05) is 47.5 Å². The van der Waals surface area contributed by atoms with E-state index < -0.39 is 22.0 Å². The summed E-state index contributed by atoms with van der Waals surface area (Å²) in [7, 11) is -2.55. The van der Waals surface area contributed by atoms with Crippen LogP contribution in [0.5, 0.6) is 5.75 Å². The van der Waals surface area contributed by atoms with Crippen molar-refractivity contribution in [2.45, 2.75) is 23.9 Å². The number of halogens is 2. The Labute approximate surface area is 254 Å². The van der Waals surface area contributed by atoms with Crippen LogP contribution in [-0.2, 0) is 32.6 Å². The maximum atomic E-state index is 13.9. The Kier molecular flexibility index (Phi) is 8.98. The summed E-state index contributed by atoms with van der Waals surface area (Å²) >= 11 is 12.3. The third-order valence-electron chi connectivity index (χ3n) is 7.15. The Morgan fingerprint density at radius 3 is 2.55 bits per heavy atom. The number of hydrogen-bond donors (Lipinski definition) is 1. The van der Waals surface area contributed by atoms with Crippen molar-refractivity contribution in [2.75, 3.05) is 26.7 Å². The number of aromatic nitrogens is 1. The van der Waals surface area contributed by atoms with E-state index in [-0.39, 0.29) is 43.4 Å². The van der Waals surface area contributed by atoms with Crippen molar-refractivity contribution in [3.63, 3.8) is 0 Å². The number of pyridine rings is 1. The number of nitrogens with one attached hydrogen (secondary N) is 1. The van der Waals surface area contributed by atoms with Crippen molar-refractivity contribution in [3.05, 3.63) is 100 Å². The molecule has 5 rings (SSSR count). The van der Waals surface area contributed by atoms with Crippen LogP contribution < -0.4 is 10.1 Å². The molecule has 0 saturated carbocycles. The van der Waals surface area contributed by atoms with Crippen LogP contribution in [0, 0.1) is 0 Å². The van der Waals surface area contributed by atoms with Crippen LogP contribution in [0.4, 0.5) is 0 Å². The molecule has 4 aromatic rings. The van der Waals surface area contributed by atoms with Crippen LogP contribution in [-0.4, -0.2) is 67.2 Å². The highest BCUT2D eigenvalue weighted by atomic mass is 35.5. The summed E-state index contributed by atoms with van der Waals surface area (Å²) in [6.45, 7) is 0.0297. The van der Waals surface area contributed by atoms with Crippen LogP contribution in [0.3, 0.4) is 0 Å². The molecule has 1 unspecified atom stereocenters. The van der Waals surface area contributed by atoms with Gasteiger partial charge >= 0.3 is 0 Å². The Balaban J connectivity index is 1.40. The number of nitrogens with zero attached hydrogens (tertiary/aromatic N) is 3. The lowest BCUT2D eigenvalue weighted by Crippen LogP contribution is -2.61. The van der Waals surface area contributed by atoms with Gasteiger partial charge in [0.1, 0.15) is 11.8 Å². The predicted octanol–water partition coefficient (Wildman–Crippen LogP) is 4.31. The van der Waals surface area contributed by atoms with E-state index >= 15 is 0 Å². The number of fused-ring (bicyclic) bond motifs is 1. The van der Waals surface area contributed by atoms with Gasteiger partial charge in [-0.15, -0.1) is 0 Å². The molecular formula is C30H28Cl2N4O5S. The van der Waals surface area contributed by atoms with Crippen LogP contribution in [0.1, 0.15) is 11.1 Å². The first-order valence-corrected chi connectivity index (χ1v) is 15.3. The Hall–Kier alpha value is -3.70. The number of methoxy groups -OCH3 is 1. The topological polar surface area (TPSA) is 109 Å². The zero-order valence-corrected chi connectivity index (χ0v) is 25.0. The Morgan fingerprint density at radius 2 is 1.81 bits per heavy atom. The van der Waals surface area contributed by atoms with E-state index in [0.29, 0.717) is 32.3 Å². The van der Waals surface area contributed by atoms with Crippen molar-refractivity contribution in [1.82, 2.24) is 19.5 Å². The quantitative estimate of drug-likeness (QED) is 0.312. The molecular weight excluding hydrogens is 599 g/mol. The van der Waals surface area contributed by atoms with Gasteiger partial charge in [0, 0.05) is 47.8 Å². The highest BCUT2D eigenvalue weighted by Gasteiger charge is 2.41. The van der Waals surface area contributed by atoms with Crippen molar-refractivity contribution in [1.29, 1.82) is 0 Å². The summed E-state index contributed by atoms with van der Waals surface area (Å²) < 4.78 is 34.2. The molecule has 1 N–H and O–H groups in total. The van der Waals surface area contributed by atoms with Crippen molar-refractivity contribution < 1.29 is 22.7 Å². The van der Waals surface area contributed by atoms with E-state index in [2.05, 4.69) is 10.3 Å². The molecule has 218 valence electrons. The molecule has 0 aliphatic carbocycles. The number of carbonyl (C=O) groups is 2. The molecule has 1 aliphatic heterocycles. The smallest absolute Gasteiger partial charge is 0.243 e.